The largest absolute Gasteiger partial charge is 0.351 e. The van der Waals surface area contributed by atoms with Crippen LogP contribution < -0.4 is 5.32 Å². The summed E-state index contributed by atoms with van der Waals surface area (Å²) in [5.41, 5.74) is 0.393. The third-order valence-electron chi connectivity index (χ3n) is 3.56. The van der Waals surface area contributed by atoms with Gasteiger partial charge in [0, 0.05) is 6.54 Å². The fourth-order valence-corrected chi connectivity index (χ4v) is 2.63. The molecule has 1 saturated carbocycles. The number of carbonyl (C=O) groups excluding carboxylic acids is 1. The highest BCUT2D eigenvalue weighted by atomic mass is 79.9. The van der Waals surface area contributed by atoms with Crippen LogP contribution in [-0.2, 0) is 0 Å². The molecule has 1 amide bonds. The summed E-state index contributed by atoms with van der Waals surface area (Å²) >= 11 is 3.09. The van der Waals surface area contributed by atoms with Crippen LogP contribution in [0.4, 0.5) is 4.39 Å². The van der Waals surface area contributed by atoms with Crippen LogP contribution in [0.1, 0.15) is 43.0 Å². The number of halogens is 2. The van der Waals surface area contributed by atoms with Crippen molar-refractivity contribution in [2.24, 2.45) is 5.41 Å². The molecule has 0 heterocycles. The monoisotopic (exact) mass is 313 g/mol. The van der Waals surface area contributed by atoms with Crippen LogP contribution in [0.15, 0.2) is 22.7 Å². The Morgan fingerprint density at radius 1 is 1.50 bits per heavy atom. The Balaban J connectivity index is 1.98. The molecule has 2 rings (SSSR count). The molecule has 1 N–H and O–H groups in total. The maximum Gasteiger partial charge on any atom is 0.254 e. The van der Waals surface area contributed by atoms with E-state index in [2.05, 4.69) is 28.2 Å². The predicted molar refractivity (Wildman–Crippen MR) is 73.0 cm³/mol. The molecule has 0 atom stereocenters. The van der Waals surface area contributed by atoms with E-state index in [9.17, 15) is 9.18 Å². The Morgan fingerprint density at radius 2 is 2.22 bits per heavy atom. The van der Waals surface area contributed by atoms with Crippen molar-refractivity contribution in [2.75, 3.05) is 6.54 Å². The van der Waals surface area contributed by atoms with Gasteiger partial charge in [-0.1, -0.05) is 19.4 Å². The number of carbonyl (C=O) groups is 1. The van der Waals surface area contributed by atoms with Gasteiger partial charge in [0.15, 0.2) is 0 Å². The molecular formula is C14H17BrFNO. The quantitative estimate of drug-likeness (QED) is 0.877. The predicted octanol–water partition coefficient (Wildman–Crippen LogP) is 3.90. The molecule has 0 bridgehead atoms. The fraction of sp³-hybridized carbons (Fsp3) is 0.500. The van der Waals surface area contributed by atoms with E-state index in [0.29, 0.717) is 11.0 Å². The average molecular weight is 314 g/mol. The van der Waals surface area contributed by atoms with Crippen LogP contribution in [-0.4, -0.2) is 12.5 Å². The van der Waals surface area contributed by atoms with Gasteiger partial charge in [0.1, 0.15) is 5.82 Å². The van der Waals surface area contributed by atoms with Gasteiger partial charge in [0.05, 0.1) is 10.0 Å². The van der Waals surface area contributed by atoms with Crippen LogP contribution in [0, 0.1) is 11.2 Å². The fourth-order valence-electron chi connectivity index (χ4n) is 2.26. The van der Waals surface area contributed by atoms with E-state index in [-0.39, 0.29) is 16.9 Å². The van der Waals surface area contributed by atoms with Gasteiger partial charge in [0.2, 0.25) is 0 Å². The number of hydrogen-bond acceptors (Lipinski definition) is 1. The van der Waals surface area contributed by atoms with Gasteiger partial charge < -0.3 is 5.32 Å². The third kappa shape index (κ3) is 2.91. The van der Waals surface area contributed by atoms with Crippen LogP contribution in [0.2, 0.25) is 0 Å². The highest BCUT2D eigenvalue weighted by molar-refractivity contribution is 9.10. The minimum Gasteiger partial charge on any atom is -0.351 e. The molecule has 98 valence electrons. The minimum atomic E-state index is -0.490. The van der Waals surface area contributed by atoms with Crippen molar-refractivity contribution in [1.29, 1.82) is 0 Å². The molecule has 1 aromatic carbocycles. The van der Waals surface area contributed by atoms with Crippen molar-refractivity contribution in [2.45, 2.75) is 32.6 Å². The highest BCUT2D eigenvalue weighted by Gasteiger charge is 2.41. The molecule has 1 aromatic rings. The Morgan fingerprint density at radius 3 is 2.83 bits per heavy atom. The van der Waals surface area contributed by atoms with Gasteiger partial charge in [0.25, 0.3) is 5.91 Å². The second-order valence-electron chi connectivity index (χ2n) is 5.03. The lowest BCUT2D eigenvalue weighted by atomic mass is 10.0. The maximum absolute atomic E-state index is 13.7. The summed E-state index contributed by atoms with van der Waals surface area (Å²) in [4.78, 5) is 11.9. The van der Waals surface area contributed by atoms with Gasteiger partial charge in [-0.3, -0.25) is 4.79 Å². The Kier molecular flexibility index (Phi) is 4.05. The minimum absolute atomic E-state index is 0.108. The summed E-state index contributed by atoms with van der Waals surface area (Å²) in [5.74, 6) is -0.813. The van der Waals surface area contributed by atoms with Crippen molar-refractivity contribution in [1.82, 2.24) is 5.32 Å². The van der Waals surface area contributed by atoms with E-state index < -0.39 is 5.82 Å². The SMILES string of the molecule is CCCC1(CNC(=O)c2cccc(Br)c2F)CC1. The number of benzene rings is 1. The van der Waals surface area contributed by atoms with Gasteiger partial charge in [-0.05, 0) is 52.7 Å². The molecule has 0 radical (unpaired) electrons. The van der Waals surface area contributed by atoms with Gasteiger partial charge in [-0.15, -0.1) is 0 Å². The number of hydrogen-bond donors (Lipinski definition) is 1. The molecule has 4 heteroatoms. The van der Waals surface area contributed by atoms with Crippen molar-refractivity contribution in [3.05, 3.63) is 34.1 Å². The zero-order valence-electron chi connectivity index (χ0n) is 10.4. The molecule has 18 heavy (non-hydrogen) atoms. The van der Waals surface area contributed by atoms with Crippen LogP contribution in [0.25, 0.3) is 0 Å². The number of nitrogens with one attached hydrogen (secondary N) is 1. The molecule has 1 aliphatic carbocycles. The zero-order chi connectivity index (χ0) is 13.2. The van der Waals surface area contributed by atoms with Crippen LogP contribution in [0.5, 0.6) is 0 Å². The average Bonchev–Trinajstić information content (AvgIpc) is 3.11. The number of rotatable bonds is 5. The second-order valence-corrected chi connectivity index (χ2v) is 5.89. The summed E-state index contributed by atoms with van der Waals surface area (Å²) in [6.07, 6.45) is 4.60. The molecule has 0 saturated heterocycles. The van der Waals surface area contributed by atoms with E-state index in [4.69, 9.17) is 0 Å². The number of amides is 1. The molecular weight excluding hydrogens is 297 g/mol. The smallest absolute Gasteiger partial charge is 0.254 e. The summed E-state index contributed by atoms with van der Waals surface area (Å²) in [6.45, 7) is 2.81. The molecule has 2 nitrogen and oxygen atoms in total. The van der Waals surface area contributed by atoms with Gasteiger partial charge in [-0.2, -0.15) is 0 Å². The summed E-state index contributed by atoms with van der Waals surface area (Å²) in [7, 11) is 0. The van der Waals surface area contributed by atoms with Gasteiger partial charge >= 0.3 is 0 Å². The Labute approximate surface area is 115 Å². The highest BCUT2D eigenvalue weighted by Crippen LogP contribution is 2.48. The molecule has 0 unspecified atom stereocenters. The second kappa shape index (κ2) is 5.39. The zero-order valence-corrected chi connectivity index (χ0v) is 12.0. The summed E-state index contributed by atoms with van der Waals surface area (Å²) in [6, 6.07) is 4.77. The molecule has 1 fully saturated rings. The van der Waals surface area contributed by atoms with E-state index in [0.717, 1.165) is 12.8 Å². The van der Waals surface area contributed by atoms with Crippen molar-refractivity contribution in [3.8, 4) is 0 Å². The maximum atomic E-state index is 13.7. The Bertz CT molecular complexity index is 457. The first-order chi connectivity index (χ1) is 8.58. The van der Waals surface area contributed by atoms with Crippen LogP contribution >= 0.6 is 15.9 Å². The van der Waals surface area contributed by atoms with Crippen molar-refractivity contribution in [3.63, 3.8) is 0 Å². The first kappa shape index (κ1) is 13.5. The first-order valence-corrected chi connectivity index (χ1v) is 7.09. The lowest BCUT2D eigenvalue weighted by Crippen LogP contribution is -2.30. The van der Waals surface area contributed by atoms with Gasteiger partial charge in [-0.25, -0.2) is 4.39 Å². The summed E-state index contributed by atoms with van der Waals surface area (Å²) in [5, 5.41) is 2.85. The normalized spacial score (nSPS) is 16.4. The lowest BCUT2D eigenvalue weighted by Gasteiger charge is -2.15. The van der Waals surface area contributed by atoms with E-state index in [1.54, 1.807) is 12.1 Å². The molecule has 1 aliphatic rings. The topological polar surface area (TPSA) is 29.1 Å². The summed E-state index contributed by atoms with van der Waals surface area (Å²) < 4.78 is 14.1. The third-order valence-corrected chi connectivity index (χ3v) is 4.17. The molecule has 0 aromatic heterocycles. The van der Waals surface area contributed by atoms with Crippen molar-refractivity contribution < 1.29 is 9.18 Å². The van der Waals surface area contributed by atoms with E-state index in [1.807, 2.05) is 0 Å². The van der Waals surface area contributed by atoms with E-state index >= 15 is 0 Å². The lowest BCUT2D eigenvalue weighted by molar-refractivity contribution is 0.0939. The first-order valence-electron chi connectivity index (χ1n) is 6.30. The standard InChI is InChI=1S/C14H17BrFNO/c1-2-6-14(7-8-14)9-17-13(18)10-4-3-5-11(15)12(10)16/h3-5H,2,6-9H2,1H3,(H,17,18). The van der Waals surface area contributed by atoms with Crippen molar-refractivity contribution >= 4 is 21.8 Å². The Hall–Kier alpha value is -0.900. The van der Waals surface area contributed by atoms with Crippen LogP contribution in [0.3, 0.4) is 0 Å². The molecule has 0 spiro atoms. The molecule has 0 aliphatic heterocycles. The van der Waals surface area contributed by atoms with E-state index in [1.165, 1.54) is 18.9 Å².